The van der Waals surface area contributed by atoms with E-state index in [2.05, 4.69) is 15.3 Å². The Balaban J connectivity index is 1.48. The van der Waals surface area contributed by atoms with E-state index < -0.39 is 12.0 Å². The summed E-state index contributed by atoms with van der Waals surface area (Å²) in [6.45, 7) is 0.960. The van der Waals surface area contributed by atoms with Gasteiger partial charge in [0.15, 0.2) is 0 Å². The van der Waals surface area contributed by atoms with Crippen molar-refractivity contribution in [3.05, 3.63) is 71.4 Å². The number of amides is 1. The molecular formula is C22H21F2N3O3. The summed E-state index contributed by atoms with van der Waals surface area (Å²) in [7, 11) is 0. The molecule has 2 heterocycles. The number of carbonyl (C=O) groups excluding carboxylic acids is 1. The van der Waals surface area contributed by atoms with Crippen LogP contribution in [0.25, 0.3) is 11.5 Å². The van der Waals surface area contributed by atoms with E-state index in [-0.39, 0.29) is 24.2 Å². The molecule has 0 saturated heterocycles. The fraction of sp³-hybridized carbons (Fsp3) is 0.318. The number of carbonyl (C=O) groups is 1. The van der Waals surface area contributed by atoms with E-state index in [1.165, 1.54) is 12.3 Å². The van der Waals surface area contributed by atoms with Crippen LogP contribution in [0.3, 0.4) is 0 Å². The van der Waals surface area contributed by atoms with Crippen LogP contribution in [-0.2, 0) is 23.7 Å². The van der Waals surface area contributed by atoms with E-state index in [0.717, 1.165) is 18.9 Å². The number of hydrogen-bond donors (Lipinski definition) is 1. The number of aromatic nitrogens is 2. The largest absolute Gasteiger partial charge is 0.445 e. The lowest BCUT2D eigenvalue weighted by atomic mass is 9.97. The summed E-state index contributed by atoms with van der Waals surface area (Å²) in [6, 6.07) is 11.9. The van der Waals surface area contributed by atoms with Gasteiger partial charge < -0.3 is 14.5 Å². The smallest absolute Gasteiger partial charge is 0.408 e. The van der Waals surface area contributed by atoms with Gasteiger partial charge in [0.05, 0.1) is 6.04 Å². The number of fused-ring (bicyclic) bond motifs is 1. The highest BCUT2D eigenvalue weighted by atomic mass is 19.3. The molecule has 1 aliphatic rings. The number of halogens is 2. The van der Waals surface area contributed by atoms with Crippen LogP contribution in [0.4, 0.5) is 13.6 Å². The molecule has 1 N–H and O–H groups in total. The van der Waals surface area contributed by atoms with Gasteiger partial charge in [0, 0.05) is 25.1 Å². The summed E-state index contributed by atoms with van der Waals surface area (Å²) in [5.74, 6) is -2.18. The zero-order chi connectivity index (χ0) is 21.1. The number of oxazole rings is 1. The topological polar surface area (TPSA) is 77.2 Å². The molecule has 1 atom stereocenters. The molecule has 1 unspecified atom stereocenters. The monoisotopic (exact) mass is 413 g/mol. The lowest BCUT2D eigenvalue weighted by Crippen LogP contribution is -2.31. The minimum absolute atomic E-state index is 0.168. The Morgan fingerprint density at radius 3 is 2.87 bits per heavy atom. The van der Waals surface area contributed by atoms with Gasteiger partial charge in [0.25, 0.3) is 5.92 Å². The molecule has 6 nitrogen and oxygen atoms in total. The lowest BCUT2D eigenvalue weighted by molar-refractivity contribution is 0.0128. The van der Waals surface area contributed by atoms with E-state index >= 15 is 0 Å². The van der Waals surface area contributed by atoms with Gasteiger partial charge in [-0.15, -0.1) is 0 Å². The fourth-order valence-corrected chi connectivity index (χ4v) is 3.39. The van der Waals surface area contributed by atoms with Crippen LogP contribution < -0.4 is 5.32 Å². The van der Waals surface area contributed by atoms with Crippen molar-refractivity contribution in [3.63, 3.8) is 0 Å². The zero-order valence-corrected chi connectivity index (χ0v) is 16.4. The summed E-state index contributed by atoms with van der Waals surface area (Å²) in [4.78, 5) is 20.5. The molecule has 2 aromatic heterocycles. The van der Waals surface area contributed by atoms with Gasteiger partial charge in [0.2, 0.25) is 5.89 Å². The molecule has 0 radical (unpaired) electrons. The van der Waals surface area contributed by atoms with Crippen molar-refractivity contribution >= 4 is 6.09 Å². The van der Waals surface area contributed by atoms with Gasteiger partial charge in [-0.05, 0) is 30.5 Å². The number of nitrogens with zero attached hydrogens (tertiary/aromatic N) is 2. The van der Waals surface area contributed by atoms with E-state index in [4.69, 9.17) is 9.15 Å². The second kappa shape index (κ2) is 8.22. The molecule has 30 heavy (non-hydrogen) atoms. The fourth-order valence-electron chi connectivity index (χ4n) is 3.39. The van der Waals surface area contributed by atoms with E-state index in [1.54, 1.807) is 6.07 Å². The first-order valence-corrected chi connectivity index (χ1v) is 9.71. The third-order valence-corrected chi connectivity index (χ3v) is 4.92. The van der Waals surface area contributed by atoms with Gasteiger partial charge in [-0.3, -0.25) is 4.98 Å². The average Bonchev–Trinajstić information content (AvgIpc) is 3.18. The maximum Gasteiger partial charge on any atom is 0.408 e. The quantitative estimate of drug-likeness (QED) is 0.626. The standard InChI is InChI=1S/C22H21F2N3O3/c1-22(23,24)18-12-15(10-11-25-18)20-27-19-16(8-5-9-17(19)30-20)26-21(28)29-13-14-6-3-2-4-7-14/h2-4,6-7,10-12,16H,5,8-9,13H2,1H3,(H,26,28). The zero-order valence-electron chi connectivity index (χ0n) is 16.4. The number of rotatable bonds is 5. The second-order valence-corrected chi connectivity index (χ2v) is 7.30. The Morgan fingerprint density at radius 2 is 2.10 bits per heavy atom. The summed E-state index contributed by atoms with van der Waals surface area (Å²) >= 11 is 0. The predicted octanol–water partition coefficient (Wildman–Crippen LogP) is 5.15. The molecule has 156 valence electrons. The Bertz CT molecular complexity index is 1030. The highest BCUT2D eigenvalue weighted by Crippen LogP contribution is 2.34. The SMILES string of the molecule is CC(F)(F)c1cc(-c2nc3c(o2)CCCC3NC(=O)OCc2ccccc2)ccn1. The van der Waals surface area contributed by atoms with Crippen molar-refractivity contribution in [3.8, 4) is 11.5 Å². The maximum absolute atomic E-state index is 13.6. The third-order valence-electron chi connectivity index (χ3n) is 4.92. The number of nitrogens with one attached hydrogen (secondary N) is 1. The highest BCUT2D eigenvalue weighted by molar-refractivity contribution is 5.68. The van der Waals surface area contributed by atoms with Crippen molar-refractivity contribution < 1.29 is 22.7 Å². The number of benzene rings is 1. The van der Waals surface area contributed by atoms with Gasteiger partial charge in [-0.25, -0.2) is 9.78 Å². The van der Waals surface area contributed by atoms with Gasteiger partial charge in [-0.1, -0.05) is 30.3 Å². The molecule has 4 rings (SSSR count). The first kappa shape index (κ1) is 20.0. The van der Waals surface area contributed by atoms with Gasteiger partial charge >= 0.3 is 6.09 Å². The molecule has 1 aromatic carbocycles. The second-order valence-electron chi connectivity index (χ2n) is 7.30. The van der Waals surface area contributed by atoms with Crippen LogP contribution in [0.15, 0.2) is 53.1 Å². The van der Waals surface area contributed by atoms with Crippen molar-refractivity contribution in [1.82, 2.24) is 15.3 Å². The molecule has 1 aliphatic carbocycles. The summed E-state index contributed by atoms with van der Waals surface area (Å²) in [5, 5.41) is 2.83. The van der Waals surface area contributed by atoms with E-state index in [9.17, 15) is 13.6 Å². The maximum atomic E-state index is 13.6. The van der Waals surface area contributed by atoms with Crippen molar-refractivity contribution in [2.75, 3.05) is 0 Å². The van der Waals surface area contributed by atoms with Crippen LogP contribution in [0, 0.1) is 0 Å². The van der Waals surface area contributed by atoms with Gasteiger partial charge in [-0.2, -0.15) is 8.78 Å². The molecule has 0 saturated carbocycles. The van der Waals surface area contributed by atoms with Crippen LogP contribution in [-0.4, -0.2) is 16.1 Å². The normalized spacial score (nSPS) is 16.0. The number of alkyl carbamates (subject to hydrolysis) is 1. The highest BCUT2D eigenvalue weighted by Gasteiger charge is 2.30. The molecule has 0 bridgehead atoms. The minimum Gasteiger partial charge on any atom is -0.445 e. The van der Waals surface area contributed by atoms with Gasteiger partial charge in [0.1, 0.15) is 23.8 Å². The number of alkyl halides is 2. The van der Waals surface area contributed by atoms with E-state index in [1.807, 2.05) is 30.3 Å². The van der Waals surface area contributed by atoms with E-state index in [0.29, 0.717) is 29.9 Å². The van der Waals surface area contributed by atoms with Crippen LogP contribution >= 0.6 is 0 Å². The number of ether oxygens (including phenoxy) is 1. The number of pyridine rings is 1. The van der Waals surface area contributed by atoms with Crippen LogP contribution in [0.5, 0.6) is 0 Å². The summed E-state index contributed by atoms with van der Waals surface area (Å²) in [5.41, 5.74) is 1.56. The number of aryl methyl sites for hydroxylation is 1. The Labute approximate surface area is 172 Å². The van der Waals surface area contributed by atoms with Crippen LogP contribution in [0.2, 0.25) is 0 Å². The molecule has 0 aliphatic heterocycles. The predicted molar refractivity (Wildman–Crippen MR) is 105 cm³/mol. The van der Waals surface area contributed by atoms with Crippen LogP contribution in [0.1, 0.15) is 48.5 Å². The Morgan fingerprint density at radius 1 is 1.30 bits per heavy atom. The third kappa shape index (κ3) is 4.48. The summed E-state index contributed by atoms with van der Waals surface area (Å²) in [6.07, 6.45) is 2.93. The summed E-state index contributed by atoms with van der Waals surface area (Å²) < 4.78 is 38.3. The lowest BCUT2D eigenvalue weighted by Gasteiger charge is -2.21. The average molecular weight is 413 g/mol. The molecule has 3 aromatic rings. The molecule has 0 fully saturated rings. The Kier molecular flexibility index (Phi) is 5.48. The first-order chi connectivity index (χ1) is 14.4. The molecule has 8 heteroatoms. The Hall–Kier alpha value is -3.29. The number of hydrogen-bond acceptors (Lipinski definition) is 5. The van der Waals surface area contributed by atoms with Crippen molar-refractivity contribution in [1.29, 1.82) is 0 Å². The molecule has 0 spiro atoms. The van der Waals surface area contributed by atoms with Crippen molar-refractivity contribution in [2.45, 2.75) is 44.8 Å². The molecular weight excluding hydrogens is 392 g/mol. The molecule has 1 amide bonds. The van der Waals surface area contributed by atoms with Crippen molar-refractivity contribution in [2.24, 2.45) is 0 Å². The minimum atomic E-state index is -3.06. The first-order valence-electron chi connectivity index (χ1n) is 9.71.